The normalized spacial score (nSPS) is 12.7. The van der Waals surface area contributed by atoms with Gasteiger partial charge in [-0.25, -0.2) is 9.78 Å². The van der Waals surface area contributed by atoms with Crippen LogP contribution in [0.25, 0.3) is 17.2 Å². The summed E-state index contributed by atoms with van der Waals surface area (Å²) in [4.78, 5) is 32.9. The average molecular weight is 455 g/mol. The van der Waals surface area contributed by atoms with Gasteiger partial charge in [0.25, 0.3) is 5.56 Å². The summed E-state index contributed by atoms with van der Waals surface area (Å²) in [6.45, 7) is 0.490. The number of anilines is 1. The molecule has 1 aliphatic carbocycles. The van der Waals surface area contributed by atoms with Crippen LogP contribution in [0.2, 0.25) is 0 Å². The van der Waals surface area contributed by atoms with Crippen LogP contribution in [0.15, 0.2) is 71.5 Å². The van der Waals surface area contributed by atoms with E-state index in [4.69, 9.17) is 4.98 Å². The molecule has 5 rings (SSSR count). The smallest absolute Gasteiger partial charge is 0.320 e. The third-order valence-corrected chi connectivity index (χ3v) is 5.94. The molecule has 8 nitrogen and oxygen atoms in total. The highest BCUT2D eigenvalue weighted by Crippen LogP contribution is 2.24. The molecular weight excluding hydrogens is 428 g/mol. The van der Waals surface area contributed by atoms with Gasteiger partial charge in [-0.15, -0.1) is 0 Å². The van der Waals surface area contributed by atoms with Crippen molar-refractivity contribution in [3.63, 3.8) is 0 Å². The maximum atomic E-state index is 12.7. The molecule has 8 heteroatoms. The maximum absolute atomic E-state index is 12.7. The lowest BCUT2D eigenvalue weighted by Gasteiger charge is -2.15. The quantitative estimate of drug-likeness (QED) is 0.411. The minimum absolute atomic E-state index is 0.144. The highest BCUT2D eigenvalue weighted by atomic mass is 16.2. The Morgan fingerprint density at radius 1 is 1.00 bits per heavy atom. The van der Waals surface area contributed by atoms with E-state index in [1.807, 2.05) is 60.7 Å². The van der Waals surface area contributed by atoms with E-state index >= 15 is 0 Å². The van der Waals surface area contributed by atoms with E-state index in [0.717, 1.165) is 54.5 Å². The predicted molar refractivity (Wildman–Crippen MR) is 131 cm³/mol. The molecule has 0 aliphatic heterocycles. The molecule has 2 heterocycles. The second-order valence-electron chi connectivity index (χ2n) is 8.33. The Kier molecular flexibility index (Phi) is 6.20. The summed E-state index contributed by atoms with van der Waals surface area (Å²) < 4.78 is 1.50. The number of benzene rings is 2. The van der Waals surface area contributed by atoms with Crippen LogP contribution in [-0.2, 0) is 19.3 Å². The van der Waals surface area contributed by atoms with Crippen LogP contribution in [0.3, 0.4) is 0 Å². The van der Waals surface area contributed by atoms with E-state index in [1.54, 1.807) is 6.07 Å². The second-order valence-corrected chi connectivity index (χ2v) is 8.33. The molecule has 0 bridgehead atoms. The number of urea groups is 1. The number of nitrogens with one attached hydrogen (secondary N) is 3. The van der Waals surface area contributed by atoms with E-state index in [-0.39, 0.29) is 11.6 Å². The Balaban J connectivity index is 1.42. The van der Waals surface area contributed by atoms with Gasteiger partial charge in [-0.3, -0.25) is 15.1 Å². The van der Waals surface area contributed by atoms with Gasteiger partial charge in [-0.1, -0.05) is 60.7 Å². The summed E-state index contributed by atoms with van der Waals surface area (Å²) in [5, 5.41) is 10.4. The molecule has 34 heavy (non-hydrogen) atoms. The van der Waals surface area contributed by atoms with Gasteiger partial charge >= 0.3 is 6.03 Å². The Morgan fingerprint density at radius 3 is 2.53 bits per heavy atom. The molecular formula is C26H26N6O2. The zero-order valence-corrected chi connectivity index (χ0v) is 18.8. The zero-order chi connectivity index (χ0) is 23.3. The van der Waals surface area contributed by atoms with Crippen molar-refractivity contribution in [2.45, 2.75) is 32.1 Å². The van der Waals surface area contributed by atoms with Crippen molar-refractivity contribution in [1.82, 2.24) is 25.1 Å². The first-order valence-corrected chi connectivity index (χ1v) is 11.5. The Labute approximate surface area is 197 Å². The molecule has 0 saturated carbocycles. The van der Waals surface area contributed by atoms with Gasteiger partial charge in [0.15, 0.2) is 0 Å². The number of hydrogen-bond donors (Lipinski definition) is 3. The molecule has 0 saturated heterocycles. The average Bonchev–Trinajstić information content (AvgIpc) is 3.29. The van der Waals surface area contributed by atoms with Gasteiger partial charge in [0.1, 0.15) is 5.82 Å². The first kappa shape index (κ1) is 21.6. The van der Waals surface area contributed by atoms with Crippen LogP contribution in [0.5, 0.6) is 0 Å². The van der Waals surface area contributed by atoms with Crippen LogP contribution in [0, 0.1) is 0 Å². The monoisotopic (exact) mass is 454 g/mol. The Morgan fingerprint density at radius 2 is 1.74 bits per heavy atom. The number of nitrogens with zero attached hydrogens (tertiary/aromatic N) is 3. The van der Waals surface area contributed by atoms with Gasteiger partial charge in [-0.05, 0) is 37.7 Å². The number of amides is 2. The maximum Gasteiger partial charge on any atom is 0.320 e. The number of hydrogen-bond acceptors (Lipinski definition) is 4. The third kappa shape index (κ3) is 4.76. The molecule has 2 amide bonds. The topological polar surface area (TPSA) is 105 Å². The van der Waals surface area contributed by atoms with Crippen LogP contribution in [-0.4, -0.2) is 32.3 Å². The van der Waals surface area contributed by atoms with Crippen molar-refractivity contribution >= 4 is 11.8 Å². The molecule has 0 unspecified atom stereocenters. The fourth-order valence-electron chi connectivity index (χ4n) is 4.20. The molecule has 0 atom stereocenters. The summed E-state index contributed by atoms with van der Waals surface area (Å²) in [5.74, 6) is 0.724. The zero-order valence-electron chi connectivity index (χ0n) is 18.8. The first-order valence-electron chi connectivity index (χ1n) is 11.5. The van der Waals surface area contributed by atoms with Gasteiger partial charge < -0.3 is 5.32 Å². The molecule has 0 fully saturated rings. The highest BCUT2D eigenvalue weighted by molar-refractivity contribution is 5.89. The SMILES string of the molecule is O=C(NCCc1ccccc1)Nc1cc(-c2ccccc2)nn1-c1nc2c(c(=O)[nH]1)CCCC2. The van der Waals surface area contributed by atoms with Crippen LogP contribution >= 0.6 is 0 Å². The van der Waals surface area contributed by atoms with E-state index in [9.17, 15) is 9.59 Å². The fourth-order valence-corrected chi connectivity index (χ4v) is 4.20. The molecule has 3 N–H and O–H groups in total. The Bertz CT molecular complexity index is 1340. The lowest BCUT2D eigenvalue weighted by atomic mass is 9.97. The number of aryl methyl sites for hydroxylation is 1. The van der Waals surface area contributed by atoms with Crippen molar-refractivity contribution in [2.75, 3.05) is 11.9 Å². The summed E-state index contributed by atoms with van der Waals surface area (Å²) in [7, 11) is 0. The van der Waals surface area contributed by atoms with Crippen LogP contribution in [0.4, 0.5) is 10.6 Å². The molecule has 2 aromatic carbocycles. The summed E-state index contributed by atoms with van der Waals surface area (Å²) in [6.07, 6.45) is 4.23. The highest BCUT2D eigenvalue weighted by Gasteiger charge is 2.20. The minimum Gasteiger partial charge on any atom is -0.337 e. The first-order chi connectivity index (χ1) is 16.7. The van der Waals surface area contributed by atoms with Crippen molar-refractivity contribution < 1.29 is 4.79 Å². The number of H-pyrrole nitrogens is 1. The molecule has 2 aromatic heterocycles. The fraction of sp³-hybridized carbons (Fsp3) is 0.231. The largest absolute Gasteiger partial charge is 0.337 e. The number of carbonyl (C=O) groups is 1. The van der Waals surface area contributed by atoms with Crippen molar-refractivity contribution in [1.29, 1.82) is 0 Å². The second kappa shape index (κ2) is 9.74. The molecule has 1 aliphatic rings. The number of aromatic amines is 1. The van der Waals surface area contributed by atoms with Gasteiger partial charge in [-0.2, -0.15) is 9.78 Å². The van der Waals surface area contributed by atoms with E-state index < -0.39 is 0 Å². The van der Waals surface area contributed by atoms with Crippen molar-refractivity contribution in [2.24, 2.45) is 0 Å². The summed E-state index contributed by atoms with van der Waals surface area (Å²) >= 11 is 0. The lowest BCUT2D eigenvalue weighted by molar-refractivity contribution is 0.252. The number of rotatable bonds is 6. The minimum atomic E-state index is -0.350. The van der Waals surface area contributed by atoms with Crippen molar-refractivity contribution in [3.05, 3.63) is 93.9 Å². The molecule has 0 spiro atoms. The van der Waals surface area contributed by atoms with E-state index in [1.165, 1.54) is 4.68 Å². The van der Waals surface area contributed by atoms with Gasteiger partial charge in [0, 0.05) is 23.7 Å². The molecule has 4 aromatic rings. The molecule has 0 radical (unpaired) electrons. The van der Waals surface area contributed by atoms with Gasteiger partial charge in [0.2, 0.25) is 5.95 Å². The third-order valence-electron chi connectivity index (χ3n) is 5.94. The number of aromatic nitrogens is 4. The Hall–Kier alpha value is -4.20. The van der Waals surface area contributed by atoms with E-state index in [2.05, 4.69) is 20.7 Å². The van der Waals surface area contributed by atoms with Crippen LogP contribution in [0.1, 0.15) is 29.7 Å². The summed E-state index contributed by atoms with van der Waals surface area (Å²) in [5.41, 5.74) is 4.12. The van der Waals surface area contributed by atoms with E-state index in [0.29, 0.717) is 24.0 Å². The summed E-state index contributed by atoms with van der Waals surface area (Å²) in [6, 6.07) is 21.1. The molecule has 172 valence electrons. The van der Waals surface area contributed by atoms with Crippen LogP contribution < -0.4 is 16.2 Å². The van der Waals surface area contributed by atoms with Gasteiger partial charge in [0.05, 0.1) is 11.4 Å². The lowest BCUT2D eigenvalue weighted by Crippen LogP contribution is -2.31. The predicted octanol–water partition coefficient (Wildman–Crippen LogP) is 3.87. The standard InChI is InChI=1S/C26H26N6O2/c33-24-20-13-7-8-14-21(20)28-25(30-24)32-23(17-22(31-32)19-11-5-2-6-12-19)29-26(34)27-16-15-18-9-3-1-4-10-18/h1-6,9-12,17H,7-8,13-16H2,(H2,27,29,34)(H,28,30,33). The van der Waals surface area contributed by atoms with Crippen molar-refractivity contribution in [3.8, 4) is 17.2 Å². The number of carbonyl (C=O) groups excluding carboxylic acids is 1. The number of fused-ring (bicyclic) bond motifs is 1.